The summed E-state index contributed by atoms with van der Waals surface area (Å²) in [6.45, 7) is 1.18. The van der Waals surface area contributed by atoms with Crippen molar-refractivity contribution in [1.29, 1.82) is 0 Å². The number of nitrogens with one attached hydrogen (secondary N) is 2. The van der Waals surface area contributed by atoms with Gasteiger partial charge in [0.15, 0.2) is 6.61 Å². The van der Waals surface area contributed by atoms with Crippen molar-refractivity contribution in [3.63, 3.8) is 0 Å². The van der Waals surface area contributed by atoms with Crippen LogP contribution in [0.25, 0.3) is 0 Å². The summed E-state index contributed by atoms with van der Waals surface area (Å²) in [6, 6.07) is 12.6. The highest BCUT2D eigenvalue weighted by Gasteiger charge is 2.16. The second kappa shape index (κ2) is 10.6. The van der Waals surface area contributed by atoms with Gasteiger partial charge in [-0.1, -0.05) is 18.2 Å². The summed E-state index contributed by atoms with van der Waals surface area (Å²) in [4.78, 5) is 36.1. The maximum atomic E-state index is 12.2. The summed E-state index contributed by atoms with van der Waals surface area (Å²) < 4.78 is 10.0. The molecule has 1 atom stereocenters. The molecular formula is C24H28N2O5. The Labute approximate surface area is 182 Å². The number of methoxy groups -OCH3 is 1. The zero-order valence-corrected chi connectivity index (χ0v) is 17.9. The topological polar surface area (TPSA) is 93.7 Å². The maximum absolute atomic E-state index is 12.2. The summed E-state index contributed by atoms with van der Waals surface area (Å²) in [5.74, 6) is -0.852. The SMILES string of the molecule is COc1ccc(C(=O)NCC(=O)OCC(=O)N[C@@H](C)c2ccc3c(c2)CCCC3)cc1. The summed E-state index contributed by atoms with van der Waals surface area (Å²) in [5.41, 5.74) is 4.17. The van der Waals surface area contributed by atoms with E-state index < -0.39 is 18.5 Å². The first-order valence-corrected chi connectivity index (χ1v) is 10.4. The Hall–Kier alpha value is -3.35. The highest BCUT2D eigenvalue weighted by atomic mass is 16.5. The van der Waals surface area contributed by atoms with E-state index in [0.29, 0.717) is 11.3 Å². The molecule has 0 saturated carbocycles. The third-order valence-electron chi connectivity index (χ3n) is 5.36. The van der Waals surface area contributed by atoms with E-state index in [1.54, 1.807) is 24.3 Å². The Balaban J connectivity index is 1.40. The molecule has 2 aromatic rings. The van der Waals surface area contributed by atoms with Crippen LogP contribution in [0.4, 0.5) is 0 Å². The number of esters is 1. The molecule has 31 heavy (non-hydrogen) atoms. The van der Waals surface area contributed by atoms with Gasteiger partial charge in [0, 0.05) is 5.56 Å². The number of aryl methyl sites for hydroxylation is 2. The molecule has 0 unspecified atom stereocenters. The van der Waals surface area contributed by atoms with Crippen molar-refractivity contribution < 1.29 is 23.9 Å². The minimum atomic E-state index is -0.682. The molecule has 7 nitrogen and oxygen atoms in total. The van der Waals surface area contributed by atoms with Crippen molar-refractivity contribution in [1.82, 2.24) is 10.6 Å². The van der Waals surface area contributed by atoms with Crippen LogP contribution in [0.1, 0.15) is 52.9 Å². The van der Waals surface area contributed by atoms with Crippen molar-refractivity contribution in [2.24, 2.45) is 0 Å². The van der Waals surface area contributed by atoms with Gasteiger partial charge in [-0.25, -0.2) is 0 Å². The molecular weight excluding hydrogens is 396 g/mol. The van der Waals surface area contributed by atoms with Crippen molar-refractivity contribution >= 4 is 17.8 Å². The molecule has 7 heteroatoms. The van der Waals surface area contributed by atoms with E-state index in [1.165, 1.54) is 31.1 Å². The van der Waals surface area contributed by atoms with Crippen LogP contribution >= 0.6 is 0 Å². The first-order chi connectivity index (χ1) is 15.0. The fourth-order valence-electron chi connectivity index (χ4n) is 3.58. The monoisotopic (exact) mass is 424 g/mol. The third kappa shape index (κ3) is 6.31. The van der Waals surface area contributed by atoms with Crippen molar-refractivity contribution in [2.45, 2.75) is 38.6 Å². The highest BCUT2D eigenvalue weighted by molar-refractivity contribution is 5.96. The average Bonchev–Trinajstić information content (AvgIpc) is 2.80. The zero-order valence-electron chi connectivity index (χ0n) is 17.9. The minimum Gasteiger partial charge on any atom is -0.497 e. The first-order valence-electron chi connectivity index (χ1n) is 10.4. The molecule has 2 amide bonds. The van der Waals surface area contributed by atoms with Gasteiger partial charge >= 0.3 is 5.97 Å². The average molecular weight is 424 g/mol. The molecule has 0 aliphatic heterocycles. The van der Waals surface area contributed by atoms with E-state index in [2.05, 4.69) is 22.8 Å². The molecule has 0 heterocycles. The summed E-state index contributed by atoms with van der Waals surface area (Å²) in [5, 5.41) is 5.31. The molecule has 0 saturated heterocycles. The maximum Gasteiger partial charge on any atom is 0.325 e. The van der Waals surface area contributed by atoms with Crippen LogP contribution in [0.2, 0.25) is 0 Å². The zero-order chi connectivity index (χ0) is 22.2. The van der Waals surface area contributed by atoms with E-state index >= 15 is 0 Å². The van der Waals surface area contributed by atoms with E-state index in [-0.39, 0.29) is 18.5 Å². The quantitative estimate of drug-likeness (QED) is 0.636. The lowest BCUT2D eigenvalue weighted by atomic mass is 9.89. The second-order valence-corrected chi connectivity index (χ2v) is 7.60. The number of rotatable bonds is 8. The molecule has 1 aliphatic carbocycles. The molecule has 1 aliphatic rings. The third-order valence-corrected chi connectivity index (χ3v) is 5.36. The summed E-state index contributed by atoms with van der Waals surface area (Å²) >= 11 is 0. The standard InChI is InChI=1S/C24H28N2O5/c1-16(19-8-7-17-5-3-4-6-20(17)13-19)26-22(27)15-31-23(28)14-25-24(29)18-9-11-21(30-2)12-10-18/h7-13,16H,3-6,14-15H2,1-2H3,(H,25,29)(H,26,27)/t16-/m0/s1. The van der Waals surface area contributed by atoms with E-state index in [0.717, 1.165) is 18.4 Å². The van der Waals surface area contributed by atoms with Gasteiger partial charge < -0.3 is 20.1 Å². The lowest BCUT2D eigenvalue weighted by Gasteiger charge is -2.20. The van der Waals surface area contributed by atoms with Crippen molar-refractivity contribution in [3.8, 4) is 5.75 Å². The first kappa shape index (κ1) is 22.3. The van der Waals surface area contributed by atoms with Crippen LogP contribution in [0.5, 0.6) is 5.75 Å². The summed E-state index contributed by atoms with van der Waals surface area (Å²) in [7, 11) is 1.54. The molecule has 0 fully saturated rings. The van der Waals surface area contributed by atoms with Gasteiger partial charge in [0.1, 0.15) is 12.3 Å². The van der Waals surface area contributed by atoms with E-state index in [4.69, 9.17) is 9.47 Å². The van der Waals surface area contributed by atoms with Crippen LogP contribution in [0.15, 0.2) is 42.5 Å². The molecule has 2 N–H and O–H groups in total. The second-order valence-electron chi connectivity index (χ2n) is 7.60. The Bertz CT molecular complexity index is 939. The molecule has 0 bridgehead atoms. The predicted molar refractivity (Wildman–Crippen MR) is 116 cm³/mol. The van der Waals surface area contributed by atoms with Crippen LogP contribution in [0, 0.1) is 0 Å². The predicted octanol–water partition coefficient (Wildman–Crippen LogP) is 2.72. The molecule has 0 spiro atoms. The number of benzene rings is 2. The number of ether oxygens (including phenoxy) is 2. The molecule has 3 rings (SSSR count). The normalized spacial score (nSPS) is 13.5. The van der Waals surface area contributed by atoms with Gasteiger partial charge in [-0.3, -0.25) is 14.4 Å². The van der Waals surface area contributed by atoms with Gasteiger partial charge in [-0.15, -0.1) is 0 Å². The minimum absolute atomic E-state index is 0.187. The smallest absolute Gasteiger partial charge is 0.325 e. The van der Waals surface area contributed by atoms with Gasteiger partial charge in [0.25, 0.3) is 11.8 Å². The molecule has 164 valence electrons. The summed E-state index contributed by atoms with van der Waals surface area (Å²) in [6.07, 6.45) is 4.61. The largest absolute Gasteiger partial charge is 0.497 e. The number of amides is 2. The van der Waals surface area contributed by atoms with E-state index in [9.17, 15) is 14.4 Å². The Morgan fingerprint density at radius 3 is 2.42 bits per heavy atom. The Morgan fingerprint density at radius 2 is 1.71 bits per heavy atom. The van der Waals surface area contributed by atoms with Crippen molar-refractivity contribution in [3.05, 3.63) is 64.7 Å². The Morgan fingerprint density at radius 1 is 1.00 bits per heavy atom. The molecule has 0 aromatic heterocycles. The van der Waals surface area contributed by atoms with Crippen LogP contribution < -0.4 is 15.4 Å². The van der Waals surface area contributed by atoms with Crippen molar-refractivity contribution in [2.75, 3.05) is 20.3 Å². The molecule has 2 aromatic carbocycles. The lowest BCUT2D eigenvalue weighted by molar-refractivity contribution is -0.147. The number of hydrogen-bond acceptors (Lipinski definition) is 5. The number of carbonyl (C=O) groups excluding carboxylic acids is 3. The molecule has 0 radical (unpaired) electrons. The lowest BCUT2D eigenvalue weighted by Crippen LogP contribution is -2.34. The number of carbonyl (C=O) groups is 3. The van der Waals surface area contributed by atoms with Gasteiger partial charge in [-0.2, -0.15) is 0 Å². The van der Waals surface area contributed by atoms with Crippen LogP contribution in [-0.2, 0) is 27.2 Å². The van der Waals surface area contributed by atoms with Gasteiger partial charge in [-0.05, 0) is 73.6 Å². The Kier molecular flexibility index (Phi) is 7.65. The number of hydrogen-bond donors (Lipinski definition) is 2. The van der Waals surface area contributed by atoms with Gasteiger partial charge in [0.2, 0.25) is 0 Å². The number of fused-ring (bicyclic) bond motifs is 1. The fourth-order valence-corrected chi connectivity index (χ4v) is 3.58. The van der Waals surface area contributed by atoms with Crippen LogP contribution in [0.3, 0.4) is 0 Å². The highest BCUT2D eigenvalue weighted by Crippen LogP contribution is 2.24. The van der Waals surface area contributed by atoms with Crippen LogP contribution in [-0.4, -0.2) is 38.0 Å². The van der Waals surface area contributed by atoms with E-state index in [1.807, 2.05) is 13.0 Å². The fraction of sp³-hybridized carbons (Fsp3) is 0.375. The van der Waals surface area contributed by atoms with Gasteiger partial charge in [0.05, 0.1) is 13.2 Å².